The van der Waals surface area contributed by atoms with Gasteiger partial charge in [-0.05, 0) is 44.2 Å². The lowest BCUT2D eigenvalue weighted by molar-refractivity contribution is 0.288. The zero-order valence-corrected chi connectivity index (χ0v) is 12.1. The summed E-state index contributed by atoms with van der Waals surface area (Å²) < 4.78 is 0. The fourth-order valence-corrected chi connectivity index (χ4v) is 2.66. The minimum Gasteiger partial charge on any atom is -0.317 e. The molecule has 1 N–H and O–H groups in total. The van der Waals surface area contributed by atoms with E-state index < -0.39 is 0 Å². The molecule has 102 valence electrons. The van der Waals surface area contributed by atoms with Gasteiger partial charge in [-0.1, -0.05) is 58.8 Å². The molecule has 1 fully saturated rings. The van der Waals surface area contributed by atoms with Crippen LogP contribution in [0, 0.1) is 11.8 Å². The normalized spacial score (nSPS) is 18.0. The van der Waals surface area contributed by atoms with Gasteiger partial charge in [0.2, 0.25) is 0 Å². The third-order valence-electron chi connectivity index (χ3n) is 4.31. The van der Waals surface area contributed by atoms with Crippen LogP contribution >= 0.6 is 0 Å². The van der Waals surface area contributed by atoms with Crippen LogP contribution in [0.4, 0.5) is 0 Å². The van der Waals surface area contributed by atoms with Gasteiger partial charge in [0.05, 0.1) is 0 Å². The molecule has 1 atom stereocenters. The molecule has 0 aliphatic heterocycles. The second kappa shape index (κ2) is 9.94. The van der Waals surface area contributed by atoms with E-state index in [0.717, 1.165) is 11.8 Å². The van der Waals surface area contributed by atoms with E-state index in [-0.39, 0.29) is 0 Å². The average Bonchev–Trinajstić information content (AvgIpc) is 2.26. The highest BCUT2D eigenvalue weighted by Gasteiger charge is 2.15. The molecule has 17 heavy (non-hydrogen) atoms. The zero-order chi connectivity index (χ0) is 12.3. The van der Waals surface area contributed by atoms with Crippen molar-refractivity contribution in [2.75, 3.05) is 13.1 Å². The van der Waals surface area contributed by atoms with E-state index >= 15 is 0 Å². The molecule has 0 saturated heterocycles. The van der Waals surface area contributed by atoms with Crippen molar-refractivity contribution in [3.05, 3.63) is 0 Å². The Morgan fingerprint density at radius 1 is 1.06 bits per heavy atom. The van der Waals surface area contributed by atoms with Crippen LogP contribution in [0.3, 0.4) is 0 Å². The highest BCUT2D eigenvalue weighted by Crippen LogP contribution is 2.30. The van der Waals surface area contributed by atoms with Crippen LogP contribution < -0.4 is 5.32 Å². The maximum atomic E-state index is 3.61. The summed E-state index contributed by atoms with van der Waals surface area (Å²) in [6, 6.07) is 0. The van der Waals surface area contributed by atoms with E-state index in [4.69, 9.17) is 0 Å². The van der Waals surface area contributed by atoms with Crippen molar-refractivity contribution in [3.63, 3.8) is 0 Å². The molecule has 1 aliphatic rings. The highest BCUT2D eigenvalue weighted by molar-refractivity contribution is 4.69. The lowest BCUT2D eigenvalue weighted by Crippen LogP contribution is -2.20. The Hall–Kier alpha value is -0.0400. The smallest absolute Gasteiger partial charge is 0.00464 e. The Bertz CT molecular complexity index is 163. The van der Waals surface area contributed by atoms with Gasteiger partial charge in [-0.25, -0.2) is 0 Å². The predicted molar refractivity (Wildman–Crippen MR) is 77.4 cm³/mol. The molecule has 1 rings (SSSR count). The van der Waals surface area contributed by atoms with Crippen LogP contribution in [-0.4, -0.2) is 13.1 Å². The summed E-state index contributed by atoms with van der Waals surface area (Å²) in [6.45, 7) is 7.18. The van der Waals surface area contributed by atoms with E-state index in [1.165, 1.54) is 77.3 Å². The van der Waals surface area contributed by atoms with Gasteiger partial charge in [-0.3, -0.25) is 0 Å². The summed E-state index contributed by atoms with van der Waals surface area (Å²) in [6.07, 6.45) is 14.4. The Balaban J connectivity index is 1.76. The number of hydrogen-bond donors (Lipinski definition) is 1. The fraction of sp³-hybridized carbons (Fsp3) is 1.00. The lowest BCUT2D eigenvalue weighted by atomic mass is 9.82. The molecule has 0 spiro atoms. The Labute approximate surface area is 109 Å². The first-order valence-corrected chi connectivity index (χ1v) is 8.03. The van der Waals surface area contributed by atoms with Crippen LogP contribution in [0.5, 0.6) is 0 Å². The third kappa shape index (κ3) is 7.81. The van der Waals surface area contributed by atoms with Crippen LogP contribution in [-0.2, 0) is 0 Å². The van der Waals surface area contributed by atoms with Crippen molar-refractivity contribution >= 4 is 0 Å². The molecule has 0 aromatic carbocycles. The molecule has 1 heteroatoms. The predicted octanol–water partition coefficient (Wildman–Crippen LogP) is 4.76. The summed E-state index contributed by atoms with van der Waals surface area (Å²) in [5, 5.41) is 3.61. The quantitative estimate of drug-likeness (QED) is 0.512. The Morgan fingerprint density at radius 3 is 2.53 bits per heavy atom. The Morgan fingerprint density at radius 2 is 1.88 bits per heavy atom. The van der Waals surface area contributed by atoms with Crippen LogP contribution in [0.2, 0.25) is 0 Å². The largest absolute Gasteiger partial charge is 0.317 e. The minimum absolute atomic E-state index is 0.917. The van der Waals surface area contributed by atoms with Gasteiger partial charge in [0.15, 0.2) is 0 Å². The van der Waals surface area contributed by atoms with Crippen molar-refractivity contribution < 1.29 is 0 Å². The van der Waals surface area contributed by atoms with E-state index in [0.29, 0.717) is 0 Å². The molecular formula is C16H33N. The number of hydrogen-bond acceptors (Lipinski definition) is 1. The molecule has 1 aliphatic carbocycles. The third-order valence-corrected chi connectivity index (χ3v) is 4.31. The molecular weight excluding hydrogens is 206 g/mol. The van der Waals surface area contributed by atoms with Crippen molar-refractivity contribution in [3.8, 4) is 0 Å². The number of nitrogens with one attached hydrogen (secondary N) is 1. The first kappa shape index (κ1) is 15.0. The Kier molecular flexibility index (Phi) is 8.78. The molecule has 0 aromatic heterocycles. The molecule has 1 unspecified atom stereocenters. The second-order valence-corrected chi connectivity index (χ2v) is 6.08. The van der Waals surface area contributed by atoms with E-state index in [2.05, 4.69) is 19.2 Å². The molecule has 0 heterocycles. The monoisotopic (exact) mass is 239 g/mol. The van der Waals surface area contributed by atoms with Gasteiger partial charge in [-0.2, -0.15) is 0 Å². The van der Waals surface area contributed by atoms with Crippen molar-refractivity contribution in [1.82, 2.24) is 5.32 Å². The first-order chi connectivity index (χ1) is 8.33. The summed E-state index contributed by atoms with van der Waals surface area (Å²) >= 11 is 0. The standard InChI is InChI=1S/C16H33N/c1-3-4-5-8-15(2)12-14-17-13-7-11-16-9-6-10-16/h15-17H,3-14H2,1-2H3. The van der Waals surface area contributed by atoms with Gasteiger partial charge in [-0.15, -0.1) is 0 Å². The minimum atomic E-state index is 0.917. The zero-order valence-electron chi connectivity index (χ0n) is 12.1. The van der Waals surface area contributed by atoms with Crippen molar-refractivity contribution in [2.24, 2.45) is 11.8 Å². The van der Waals surface area contributed by atoms with E-state index in [1.54, 1.807) is 0 Å². The van der Waals surface area contributed by atoms with E-state index in [1.807, 2.05) is 0 Å². The van der Waals surface area contributed by atoms with Gasteiger partial charge >= 0.3 is 0 Å². The maximum absolute atomic E-state index is 3.61. The molecule has 0 radical (unpaired) electrons. The summed E-state index contributed by atoms with van der Waals surface area (Å²) in [5.74, 6) is 2.01. The molecule has 0 bridgehead atoms. The fourth-order valence-electron chi connectivity index (χ4n) is 2.66. The summed E-state index contributed by atoms with van der Waals surface area (Å²) in [4.78, 5) is 0. The SMILES string of the molecule is CCCCCC(C)CCNCCCC1CCC1. The van der Waals surface area contributed by atoms with Gasteiger partial charge in [0.1, 0.15) is 0 Å². The van der Waals surface area contributed by atoms with Crippen molar-refractivity contribution in [2.45, 2.75) is 78.1 Å². The molecule has 0 aromatic rings. The average molecular weight is 239 g/mol. The number of unbranched alkanes of at least 4 members (excludes halogenated alkanes) is 2. The molecule has 1 nitrogen and oxygen atoms in total. The van der Waals surface area contributed by atoms with E-state index in [9.17, 15) is 0 Å². The van der Waals surface area contributed by atoms with Crippen molar-refractivity contribution in [1.29, 1.82) is 0 Å². The van der Waals surface area contributed by atoms with Gasteiger partial charge in [0.25, 0.3) is 0 Å². The topological polar surface area (TPSA) is 12.0 Å². The summed E-state index contributed by atoms with van der Waals surface area (Å²) in [5.41, 5.74) is 0. The van der Waals surface area contributed by atoms with Crippen LogP contribution in [0.15, 0.2) is 0 Å². The second-order valence-electron chi connectivity index (χ2n) is 6.08. The summed E-state index contributed by atoms with van der Waals surface area (Å²) in [7, 11) is 0. The number of rotatable bonds is 11. The lowest BCUT2D eigenvalue weighted by Gasteiger charge is -2.25. The maximum Gasteiger partial charge on any atom is -0.00464 e. The molecule has 0 amide bonds. The van der Waals surface area contributed by atoms with Crippen LogP contribution in [0.25, 0.3) is 0 Å². The molecule has 1 saturated carbocycles. The first-order valence-electron chi connectivity index (χ1n) is 8.03. The highest BCUT2D eigenvalue weighted by atomic mass is 14.8. The van der Waals surface area contributed by atoms with Gasteiger partial charge < -0.3 is 5.32 Å². The van der Waals surface area contributed by atoms with Crippen LogP contribution in [0.1, 0.15) is 78.1 Å². The van der Waals surface area contributed by atoms with Gasteiger partial charge in [0, 0.05) is 0 Å².